The minimum Gasteiger partial charge on any atom is -0.448 e. The molecule has 0 aliphatic carbocycles. The fourth-order valence-corrected chi connectivity index (χ4v) is 2.64. The second-order valence-corrected chi connectivity index (χ2v) is 6.21. The van der Waals surface area contributed by atoms with Gasteiger partial charge in [-0.2, -0.15) is 5.10 Å². The van der Waals surface area contributed by atoms with Gasteiger partial charge in [0.05, 0.1) is 5.39 Å². The van der Waals surface area contributed by atoms with Crippen LogP contribution in [0.15, 0.2) is 41.7 Å². The largest absolute Gasteiger partial charge is 0.448 e. The molecule has 1 aromatic carbocycles. The summed E-state index contributed by atoms with van der Waals surface area (Å²) < 4.78 is 6.56. The molecule has 144 valence electrons. The zero-order chi connectivity index (χ0) is 19.8. The summed E-state index contributed by atoms with van der Waals surface area (Å²) in [5, 5.41) is 7.62. The molecule has 0 fully saturated rings. The first-order chi connectivity index (χ1) is 13.0. The molecule has 0 aliphatic rings. The number of fused-ring (bicyclic) bond motifs is 1. The predicted molar refractivity (Wildman–Crippen MR) is 104 cm³/mol. The highest BCUT2D eigenvalue weighted by molar-refractivity contribution is 6.02. The molecule has 0 unspecified atom stereocenters. The van der Waals surface area contributed by atoms with Crippen LogP contribution in [-0.2, 0) is 16.1 Å². The Labute approximate surface area is 158 Å². The van der Waals surface area contributed by atoms with Crippen LogP contribution in [0.2, 0.25) is 0 Å². The maximum absolute atomic E-state index is 12.6. The van der Waals surface area contributed by atoms with Crippen LogP contribution < -0.4 is 10.9 Å². The number of benzene rings is 1. The number of carbonyl (C=O) groups excluding carboxylic acids is 2. The highest BCUT2D eigenvalue weighted by Crippen LogP contribution is 2.15. The first-order valence-electron chi connectivity index (χ1n) is 9.09. The minimum atomic E-state index is -0.988. The van der Waals surface area contributed by atoms with E-state index in [1.807, 2.05) is 0 Å². The summed E-state index contributed by atoms with van der Waals surface area (Å²) >= 11 is 0. The van der Waals surface area contributed by atoms with Crippen molar-refractivity contribution in [2.75, 3.05) is 6.54 Å². The average Bonchev–Trinajstić information content (AvgIpc) is 2.67. The Balaban J connectivity index is 2.33. The number of aromatic nitrogens is 2. The van der Waals surface area contributed by atoms with Crippen molar-refractivity contribution in [1.82, 2.24) is 15.1 Å². The van der Waals surface area contributed by atoms with Gasteiger partial charge >= 0.3 is 5.97 Å². The SMILES string of the molecule is C=CCNC(=O)[C@H](C)OC(=O)c1nn(CCCCC)c(=O)c2ccccc12. The van der Waals surface area contributed by atoms with E-state index in [-0.39, 0.29) is 17.8 Å². The van der Waals surface area contributed by atoms with Crippen molar-refractivity contribution in [2.45, 2.75) is 45.8 Å². The highest BCUT2D eigenvalue weighted by atomic mass is 16.5. The van der Waals surface area contributed by atoms with Crippen LogP contribution in [0, 0.1) is 0 Å². The van der Waals surface area contributed by atoms with E-state index in [4.69, 9.17) is 4.74 Å². The normalized spacial score (nSPS) is 11.8. The Morgan fingerprint density at radius 2 is 2.00 bits per heavy atom. The van der Waals surface area contributed by atoms with Crippen LogP contribution in [0.25, 0.3) is 10.8 Å². The summed E-state index contributed by atoms with van der Waals surface area (Å²) in [5.74, 6) is -1.17. The maximum atomic E-state index is 12.6. The topological polar surface area (TPSA) is 90.3 Å². The molecule has 2 rings (SSSR count). The molecule has 0 bridgehead atoms. The summed E-state index contributed by atoms with van der Waals surface area (Å²) in [6.07, 6.45) is 3.30. The number of carbonyl (C=O) groups is 2. The average molecular weight is 371 g/mol. The Morgan fingerprint density at radius 1 is 1.30 bits per heavy atom. The number of nitrogens with zero attached hydrogens (tertiary/aromatic N) is 2. The van der Waals surface area contributed by atoms with Gasteiger partial charge in [-0.1, -0.05) is 44.0 Å². The Morgan fingerprint density at radius 3 is 2.67 bits per heavy atom. The summed E-state index contributed by atoms with van der Waals surface area (Å²) in [6.45, 7) is 7.77. The van der Waals surface area contributed by atoms with Crippen LogP contribution in [0.4, 0.5) is 0 Å². The van der Waals surface area contributed by atoms with E-state index in [9.17, 15) is 14.4 Å². The molecule has 2 aromatic rings. The highest BCUT2D eigenvalue weighted by Gasteiger charge is 2.22. The summed E-state index contributed by atoms with van der Waals surface area (Å²) in [7, 11) is 0. The van der Waals surface area contributed by atoms with Crippen LogP contribution >= 0.6 is 0 Å². The van der Waals surface area contributed by atoms with Crippen molar-refractivity contribution in [3.05, 3.63) is 53.0 Å². The van der Waals surface area contributed by atoms with Gasteiger partial charge in [0, 0.05) is 18.5 Å². The predicted octanol–water partition coefficient (Wildman–Crippen LogP) is 2.43. The van der Waals surface area contributed by atoms with E-state index in [2.05, 4.69) is 23.9 Å². The second-order valence-electron chi connectivity index (χ2n) is 6.21. The third-order valence-corrected chi connectivity index (χ3v) is 4.11. The molecule has 1 amide bonds. The van der Waals surface area contributed by atoms with Crippen molar-refractivity contribution >= 4 is 22.6 Å². The Bertz CT molecular complexity index is 888. The van der Waals surface area contributed by atoms with Crippen molar-refractivity contribution in [3.63, 3.8) is 0 Å². The number of ether oxygens (including phenoxy) is 1. The molecule has 0 spiro atoms. The van der Waals surface area contributed by atoms with Crippen LogP contribution in [0.1, 0.15) is 43.6 Å². The van der Waals surface area contributed by atoms with Gasteiger partial charge in [0.1, 0.15) is 0 Å². The van der Waals surface area contributed by atoms with Crippen LogP contribution in [0.3, 0.4) is 0 Å². The lowest BCUT2D eigenvalue weighted by atomic mass is 10.1. The van der Waals surface area contributed by atoms with Gasteiger partial charge in [0.2, 0.25) is 0 Å². The zero-order valence-electron chi connectivity index (χ0n) is 15.7. The van der Waals surface area contributed by atoms with E-state index in [0.29, 0.717) is 17.3 Å². The molecular weight excluding hydrogens is 346 g/mol. The fourth-order valence-electron chi connectivity index (χ4n) is 2.64. The standard InChI is InChI=1S/C20H25N3O4/c1-4-6-9-13-23-19(25)16-11-8-7-10-15(16)17(22-23)20(26)27-14(3)18(24)21-12-5-2/h5,7-8,10-11,14H,2,4,6,9,12-13H2,1,3H3,(H,21,24)/t14-/m0/s1. The molecule has 1 atom stereocenters. The van der Waals surface area contributed by atoms with Gasteiger partial charge in [0.25, 0.3) is 11.5 Å². The second kappa shape index (κ2) is 9.66. The third kappa shape index (κ3) is 5.03. The first kappa shape index (κ1) is 20.4. The van der Waals surface area contributed by atoms with Gasteiger partial charge in [-0.3, -0.25) is 9.59 Å². The van der Waals surface area contributed by atoms with Crippen LogP contribution in [0.5, 0.6) is 0 Å². The molecule has 27 heavy (non-hydrogen) atoms. The molecule has 1 aromatic heterocycles. The number of nitrogens with one attached hydrogen (secondary N) is 1. The van der Waals surface area contributed by atoms with Gasteiger partial charge in [-0.05, 0) is 19.4 Å². The lowest BCUT2D eigenvalue weighted by Gasteiger charge is -2.14. The molecule has 0 aliphatic heterocycles. The van der Waals surface area contributed by atoms with E-state index in [1.54, 1.807) is 24.3 Å². The van der Waals surface area contributed by atoms with E-state index in [1.165, 1.54) is 17.7 Å². The van der Waals surface area contributed by atoms with Crippen LogP contribution in [-0.4, -0.2) is 34.3 Å². The number of unbranched alkanes of at least 4 members (excludes halogenated alkanes) is 2. The molecular formula is C20H25N3O4. The monoisotopic (exact) mass is 371 g/mol. The molecule has 0 saturated heterocycles. The van der Waals surface area contributed by atoms with Crippen molar-refractivity contribution in [1.29, 1.82) is 0 Å². The minimum absolute atomic E-state index is 0.0325. The summed E-state index contributed by atoms with van der Waals surface area (Å²) in [5.41, 5.74) is -0.208. The number of esters is 1. The lowest BCUT2D eigenvalue weighted by Crippen LogP contribution is -2.36. The smallest absolute Gasteiger partial charge is 0.360 e. The molecule has 1 N–H and O–H groups in total. The number of hydrogen-bond acceptors (Lipinski definition) is 5. The third-order valence-electron chi connectivity index (χ3n) is 4.11. The Kier molecular flexibility index (Phi) is 7.28. The zero-order valence-corrected chi connectivity index (χ0v) is 15.7. The number of hydrogen-bond donors (Lipinski definition) is 1. The van der Waals surface area contributed by atoms with Gasteiger partial charge in [-0.25, -0.2) is 9.48 Å². The molecule has 7 nitrogen and oxygen atoms in total. The van der Waals surface area contributed by atoms with Gasteiger partial charge < -0.3 is 10.1 Å². The van der Waals surface area contributed by atoms with Crippen molar-refractivity contribution < 1.29 is 14.3 Å². The number of aryl methyl sites for hydroxylation is 1. The number of amides is 1. The summed E-state index contributed by atoms with van der Waals surface area (Å²) in [4.78, 5) is 37.2. The van der Waals surface area contributed by atoms with E-state index < -0.39 is 18.0 Å². The fraction of sp³-hybridized carbons (Fsp3) is 0.400. The molecule has 0 radical (unpaired) electrons. The Hall–Kier alpha value is -2.96. The van der Waals surface area contributed by atoms with Crippen molar-refractivity contribution in [3.8, 4) is 0 Å². The van der Waals surface area contributed by atoms with Gasteiger partial charge in [0.15, 0.2) is 11.8 Å². The van der Waals surface area contributed by atoms with E-state index in [0.717, 1.165) is 19.3 Å². The molecule has 0 saturated carbocycles. The lowest BCUT2D eigenvalue weighted by molar-refractivity contribution is -0.128. The molecule has 7 heteroatoms. The maximum Gasteiger partial charge on any atom is 0.360 e. The van der Waals surface area contributed by atoms with E-state index >= 15 is 0 Å². The quantitative estimate of drug-likeness (QED) is 0.415. The molecule has 1 heterocycles. The number of rotatable bonds is 9. The van der Waals surface area contributed by atoms with Crippen molar-refractivity contribution in [2.24, 2.45) is 0 Å². The summed E-state index contributed by atoms with van der Waals surface area (Å²) in [6, 6.07) is 6.77. The first-order valence-corrected chi connectivity index (χ1v) is 9.09. The van der Waals surface area contributed by atoms with Gasteiger partial charge in [-0.15, -0.1) is 6.58 Å².